The zero-order valence-electron chi connectivity index (χ0n) is 16.0. The van der Waals surface area contributed by atoms with E-state index in [0.29, 0.717) is 13.1 Å². The van der Waals surface area contributed by atoms with Gasteiger partial charge in [-0.25, -0.2) is 4.79 Å². The third-order valence-corrected chi connectivity index (χ3v) is 4.39. The minimum atomic E-state index is -0.164. The van der Waals surface area contributed by atoms with Crippen LogP contribution in [-0.2, 0) is 0 Å². The van der Waals surface area contributed by atoms with Crippen molar-refractivity contribution in [1.29, 1.82) is 0 Å². The van der Waals surface area contributed by atoms with Crippen LogP contribution in [0.5, 0.6) is 5.75 Å². The number of rotatable bonds is 8. The number of fused-ring (bicyclic) bond motifs is 1. The van der Waals surface area contributed by atoms with Crippen LogP contribution < -0.4 is 10.1 Å². The first-order valence-electron chi connectivity index (χ1n) is 8.83. The van der Waals surface area contributed by atoms with E-state index in [1.165, 1.54) is 0 Å². The second-order valence-corrected chi connectivity index (χ2v) is 6.66. The lowest BCUT2D eigenvalue weighted by molar-refractivity contribution is 0.168. The minimum Gasteiger partial charge on any atom is -0.497 e. The number of methoxy groups -OCH3 is 1. The van der Waals surface area contributed by atoms with Crippen molar-refractivity contribution in [3.63, 3.8) is 0 Å². The van der Waals surface area contributed by atoms with E-state index in [1.807, 2.05) is 56.3 Å². The molecule has 2 aromatic carbocycles. The quantitative estimate of drug-likeness (QED) is 0.760. The van der Waals surface area contributed by atoms with Crippen LogP contribution in [0.2, 0.25) is 0 Å². The van der Waals surface area contributed by atoms with Crippen molar-refractivity contribution in [2.45, 2.75) is 13.0 Å². The highest BCUT2D eigenvalue weighted by Gasteiger charge is 2.16. The van der Waals surface area contributed by atoms with Gasteiger partial charge in [0.1, 0.15) is 5.75 Å². The number of aliphatic hydroxyl groups excluding tert-OH is 1. The van der Waals surface area contributed by atoms with Crippen LogP contribution in [0.4, 0.5) is 4.79 Å². The molecule has 2 amide bonds. The number of aliphatic hydroxyl groups is 1. The molecule has 1 atom stereocenters. The fourth-order valence-corrected chi connectivity index (χ4v) is 2.75. The molecule has 2 N–H and O–H groups in total. The molecule has 2 rings (SSSR count). The van der Waals surface area contributed by atoms with Crippen molar-refractivity contribution in [1.82, 2.24) is 15.1 Å². The van der Waals surface area contributed by atoms with E-state index in [4.69, 9.17) is 4.74 Å². The number of ether oxygens (including phenoxy) is 1. The SMILES string of the molecule is COc1ccc2cc(C(C)NC(=O)N(CCO)CCN(C)C)ccc2c1. The van der Waals surface area contributed by atoms with Gasteiger partial charge in [-0.15, -0.1) is 0 Å². The average molecular weight is 359 g/mol. The number of amides is 2. The Balaban J connectivity index is 2.08. The summed E-state index contributed by atoms with van der Waals surface area (Å²) in [4.78, 5) is 16.2. The van der Waals surface area contributed by atoms with Gasteiger partial charge in [-0.3, -0.25) is 0 Å². The molecule has 0 saturated carbocycles. The van der Waals surface area contributed by atoms with Gasteiger partial charge in [0.05, 0.1) is 19.8 Å². The van der Waals surface area contributed by atoms with Gasteiger partial charge in [0.2, 0.25) is 0 Å². The predicted octanol–water partition coefficient (Wildman–Crippen LogP) is 2.47. The molecule has 0 aromatic heterocycles. The minimum absolute atomic E-state index is 0.0486. The topological polar surface area (TPSA) is 65.0 Å². The summed E-state index contributed by atoms with van der Waals surface area (Å²) in [5.41, 5.74) is 1.03. The van der Waals surface area contributed by atoms with Crippen molar-refractivity contribution in [3.8, 4) is 5.75 Å². The van der Waals surface area contributed by atoms with Crippen molar-refractivity contribution in [2.24, 2.45) is 0 Å². The summed E-state index contributed by atoms with van der Waals surface area (Å²) in [6, 6.07) is 11.8. The fourth-order valence-electron chi connectivity index (χ4n) is 2.75. The van der Waals surface area contributed by atoms with E-state index in [0.717, 1.165) is 28.6 Å². The summed E-state index contributed by atoms with van der Waals surface area (Å²) in [6.45, 7) is 3.56. The first-order valence-corrected chi connectivity index (χ1v) is 8.83. The summed E-state index contributed by atoms with van der Waals surface area (Å²) in [5.74, 6) is 0.826. The average Bonchev–Trinajstić information content (AvgIpc) is 2.63. The van der Waals surface area contributed by atoms with Gasteiger partial charge < -0.3 is 25.0 Å². The van der Waals surface area contributed by atoms with Crippen LogP contribution in [-0.4, -0.2) is 68.4 Å². The third-order valence-electron chi connectivity index (χ3n) is 4.39. The van der Waals surface area contributed by atoms with E-state index in [1.54, 1.807) is 12.0 Å². The molecular weight excluding hydrogens is 330 g/mol. The molecule has 0 saturated heterocycles. The number of hydrogen-bond acceptors (Lipinski definition) is 4. The molecule has 0 heterocycles. The van der Waals surface area contributed by atoms with Gasteiger partial charge in [0, 0.05) is 19.6 Å². The van der Waals surface area contributed by atoms with Gasteiger partial charge >= 0.3 is 6.03 Å². The number of hydrogen-bond donors (Lipinski definition) is 2. The molecule has 6 nitrogen and oxygen atoms in total. The Morgan fingerprint density at radius 1 is 1.12 bits per heavy atom. The summed E-state index contributed by atoms with van der Waals surface area (Å²) >= 11 is 0. The molecule has 0 aliphatic heterocycles. The normalized spacial score (nSPS) is 12.2. The second-order valence-electron chi connectivity index (χ2n) is 6.66. The number of carbonyl (C=O) groups is 1. The lowest BCUT2D eigenvalue weighted by Gasteiger charge is -2.26. The molecule has 0 fully saturated rings. The molecule has 0 bridgehead atoms. The van der Waals surface area contributed by atoms with Crippen molar-refractivity contribution in [3.05, 3.63) is 42.0 Å². The number of urea groups is 1. The van der Waals surface area contributed by atoms with Crippen LogP contribution in [0.3, 0.4) is 0 Å². The number of nitrogens with one attached hydrogen (secondary N) is 1. The summed E-state index contributed by atoms with van der Waals surface area (Å²) in [6.07, 6.45) is 0. The predicted molar refractivity (Wildman–Crippen MR) is 105 cm³/mol. The molecule has 142 valence electrons. The third kappa shape index (κ3) is 5.34. The Kier molecular flexibility index (Phi) is 7.24. The Bertz CT molecular complexity index is 733. The largest absolute Gasteiger partial charge is 0.497 e. The molecule has 0 radical (unpaired) electrons. The monoisotopic (exact) mass is 359 g/mol. The highest BCUT2D eigenvalue weighted by molar-refractivity contribution is 5.85. The zero-order valence-corrected chi connectivity index (χ0v) is 16.0. The number of carbonyl (C=O) groups excluding carboxylic acids is 1. The highest BCUT2D eigenvalue weighted by Crippen LogP contribution is 2.24. The van der Waals surface area contributed by atoms with Gasteiger partial charge in [-0.1, -0.05) is 18.2 Å². The maximum atomic E-state index is 12.5. The zero-order chi connectivity index (χ0) is 19.1. The number of benzene rings is 2. The van der Waals surface area contributed by atoms with E-state index in [9.17, 15) is 9.90 Å². The molecule has 6 heteroatoms. The molecule has 26 heavy (non-hydrogen) atoms. The Morgan fingerprint density at radius 3 is 2.46 bits per heavy atom. The number of likely N-dealkylation sites (N-methyl/N-ethyl adjacent to an activating group) is 1. The molecule has 0 aliphatic rings. The van der Waals surface area contributed by atoms with Crippen molar-refractivity contribution >= 4 is 16.8 Å². The first kappa shape index (κ1) is 20.0. The van der Waals surface area contributed by atoms with Gasteiger partial charge in [0.25, 0.3) is 0 Å². The van der Waals surface area contributed by atoms with E-state index in [-0.39, 0.29) is 18.7 Å². The lowest BCUT2D eigenvalue weighted by Crippen LogP contribution is -2.45. The maximum Gasteiger partial charge on any atom is 0.317 e. The summed E-state index contributed by atoms with van der Waals surface area (Å²) < 4.78 is 5.26. The molecule has 0 spiro atoms. The molecule has 1 unspecified atom stereocenters. The first-order chi connectivity index (χ1) is 12.4. The second kappa shape index (κ2) is 9.40. The van der Waals surface area contributed by atoms with E-state index >= 15 is 0 Å². The maximum absolute atomic E-state index is 12.5. The summed E-state index contributed by atoms with van der Waals surface area (Å²) in [5, 5.41) is 14.4. The Morgan fingerprint density at radius 2 is 1.81 bits per heavy atom. The van der Waals surface area contributed by atoms with Crippen molar-refractivity contribution < 1.29 is 14.6 Å². The van der Waals surface area contributed by atoms with Crippen LogP contribution in [0.15, 0.2) is 36.4 Å². The van der Waals surface area contributed by atoms with E-state index in [2.05, 4.69) is 11.4 Å². The fraction of sp³-hybridized carbons (Fsp3) is 0.450. The molecular formula is C20H29N3O3. The van der Waals surface area contributed by atoms with Crippen LogP contribution in [0.25, 0.3) is 10.8 Å². The van der Waals surface area contributed by atoms with Crippen LogP contribution in [0, 0.1) is 0 Å². The van der Waals surface area contributed by atoms with Gasteiger partial charge in [-0.05, 0) is 55.6 Å². The summed E-state index contributed by atoms with van der Waals surface area (Å²) in [7, 11) is 5.57. The smallest absolute Gasteiger partial charge is 0.317 e. The van der Waals surface area contributed by atoms with Gasteiger partial charge in [-0.2, -0.15) is 0 Å². The molecule has 2 aromatic rings. The van der Waals surface area contributed by atoms with Crippen LogP contribution in [0.1, 0.15) is 18.5 Å². The van der Waals surface area contributed by atoms with Crippen molar-refractivity contribution in [2.75, 3.05) is 47.4 Å². The van der Waals surface area contributed by atoms with E-state index < -0.39 is 0 Å². The Labute approximate surface area is 155 Å². The Hall–Kier alpha value is -2.31. The lowest BCUT2D eigenvalue weighted by atomic mass is 10.0. The standard InChI is InChI=1S/C20H29N3O3/c1-15(21-20(25)23(11-12-24)10-9-22(2)3)16-5-6-18-14-19(26-4)8-7-17(18)13-16/h5-8,13-15,24H,9-12H2,1-4H3,(H,21,25). The number of nitrogens with zero attached hydrogens (tertiary/aromatic N) is 2. The van der Waals surface area contributed by atoms with Gasteiger partial charge in [0.15, 0.2) is 0 Å². The highest BCUT2D eigenvalue weighted by atomic mass is 16.5. The molecule has 0 aliphatic carbocycles. The van der Waals surface area contributed by atoms with Crippen LogP contribution >= 0.6 is 0 Å².